The molecule has 1 fully saturated rings. The molecule has 0 radical (unpaired) electrons. The van der Waals surface area contributed by atoms with Crippen molar-refractivity contribution in [3.63, 3.8) is 0 Å². The van der Waals surface area contributed by atoms with Gasteiger partial charge >= 0.3 is 0 Å². The van der Waals surface area contributed by atoms with E-state index in [2.05, 4.69) is 25.7 Å². The van der Waals surface area contributed by atoms with E-state index in [1.807, 2.05) is 31.4 Å². The van der Waals surface area contributed by atoms with Gasteiger partial charge in [-0.25, -0.2) is 4.68 Å². The van der Waals surface area contributed by atoms with Crippen LogP contribution >= 0.6 is 0 Å². The predicted molar refractivity (Wildman–Crippen MR) is 92.1 cm³/mol. The molecule has 0 bridgehead atoms. The highest BCUT2D eigenvalue weighted by Crippen LogP contribution is 2.24. The number of aromatic nitrogens is 4. The molecule has 7 nitrogen and oxygen atoms in total. The number of nitrogens with one attached hydrogen (secondary N) is 3. The van der Waals surface area contributed by atoms with Gasteiger partial charge in [-0.1, -0.05) is 12.1 Å². The minimum Gasteiger partial charge on any atom is -0.361 e. The van der Waals surface area contributed by atoms with Crippen LogP contribution in [0.15, 0.2) is 30.5 Å². The number of carbonyl (C=O) groups excluding carboxylic acids is 1. The molecule has 2 aromatic heterocycles. The molecule has 3 N–H and O–H groups in total. The number of aryl methyl sites for hydroxylation is 1. The van der Waals surface area contributed by atoms with Gasteiger partial charge in [0, 0.05) is 24.5 Å². The lowest BCUT2D eigenvalue weighted by Gasteiger charge is -2.19. The number of benzene rings is 1. The molecule has 1 aromatic carbocycles. The van der Waals surface area contributed by atoms with Gasteiger partial charge < -0.3 is 10.3 Å². The minimum atomic E-state index is -0.185. The number of piperidine rings is 1. The van der Waals surface area contributed by atoms with Crippen LogP contribution in [0.25, 0.3) is 10.9 Å². The fraction of sp³-hybridized carbons (Fsp3) is 0.353. The van der Waals surface area contributed by atoms with Crippen molar-refractivity contribution in [2.75, 3.05) is 18.4 Å². The molecule has 1 aliphatic heterocycles. The van der Waals surface area contributed by atoms with E-state index in [0.717, 1.165) is 42.7 Å². The highest BCUT2D eigenvalue weighted by molar-refractivity contribution is 6.11. The molecule has 0 spiro atoms. The largest absolute Gasteiger partial charge is 0.361 e. The molecule has 0 unspecified atom stereocenters. The maximum absolute atomic E-state index is 12.6. The summed E-state index contributed by atoms with van der Waals surface area (Å²) in [7, 11) is 1.81. The van der Waals surface area contributed by atoms with Crippen molar-refractivity contribution >= 4 is 22.8 Å². The number of hydrogen-bond acceptors (Lipinski definition) is 4. The van der Waals surface area contributed by atoms with E-state index in [1.165, 1.54) is 0 Å². The smallest absolute Gasteiger partial charge is 0.260 e. The van der Waals surface area contributed by atoms with Crippen molar-refractivity contribution in [1.29, 1.82) is 0 Å². The zero-order chi connectivity index (χ0) is 16.5. The Morgan fingerprint density at radius 2 is 2.12 bits per heavy atom. The Morgan fingerprint density at radius 3 is 2.96 bits per heavy atom. The van der Waals surface area contributed by atoms with Gasteiger partial charge in [-0.15, -0.1) is 0 Å². The summed E-state index contributed by atoms with van der Waals surface area (Å²) in [5, 5.41) is 11.7. The Labute approximate surface area is 139 Å². The molecule has 24 heavy (non-hydrogen) atoms. The van der Waals surface area contributed by atoms with Gasteiger partial charge in [0.15, 0.2) is 5.82 Å². The number of hydrogen-bond donors (Lipinski definition) is 3. The molecule has 124 valence electrons. The van der Waals surface area contributed by atoms with Gasteiger partial charge in [-0.05, 0) is 38.1 Å². The fourth-order valence-corrected chi connectivity index (χ4v) is 3.21. The van der Waals surface area contributed by atoms with E-state index >= 15 is 0 Å². The molecule has 4 rings (SSSR count). The van der Waals surface area contributed by atoms with E-state index in [9.17, 15) is 4.79 Å². The Bertz CT molecular complexity index is 874. The summed E-state index contributed by atoms with van der Waals surface area (Å²) in [6.45, 7) is 1.97. The SMILES string of the molecule is Cn1nc(C2CCNCC2)nc1NC(=O)c1cccc2cc[nH]c12. The molecule has 3 aromatic rings. The normalized spacial score (nSPS) is 15.7. The second kappa shape index (κ2) is 6.09. The van der Waals surface area contributed by atoms with Crippen molar-refractivity contribution in [2.45, 2.75) is 18.8 Å². The van der Waals surface area contributed by atoms with E-state index in [-0.39, 0.29) is 5.91 Å². The average molecular weight is 324 g/mol. The summed E-state index contributed by atoms with van der Waals surface area (Å²) in [6.07, 6.45) is 3.89. The first-order valence-corrected chi connectivity index (χ1v) is 8.21. The number of amides is 1. The van der Waals surface area contributed by atoms with Crippen LogP contribution in [0.3, 0.4) is 0 Å². The topological polar surface area (TPSA) is 87.6 Å². The summed E-state index contributed by atoms with van der Waals surface area (Å²) < 4.78 is 1.64. The third-order valence-corrected chi connectivity index (χ3v) is 4.54. The number of nitrogens with zero attached hydrogens (tertiary/aromatic N) is 3. The number of aromatic amines is 1. The number of fused-ring (bicyclic) bond motifs is 1. The van der Waals surface area contributed by atoms with Crippen LogP contribution in [0.2, 0.25) is 0 Å². The highest BCUT2D eigenvalue weighted by Gasteiger charge is 2.22. The second-order valence-corrected chi connectivity index (χ2v) is 6.14. The first kappa shape index (κ1) is 14.9. The number of rotatable bonds is 3. The van der Waals surface area contributed by atoms with Crippen LogP contribution < -0.4 is 10.6 Å². The number of anilines is 1. The van der Waals surface area contributed by atoms with E-state index in [1.54, 1.807) is 10.7 Å². The van der Waals surface area contributed by atoms with Crippen molar-refractivity contribution in [2.24, 2.45) is 7.05 Å². The van der Waals surface area contributed by atoms with Crippen LogP contribution in [0.1, 0.15) is 34.9 Å². The zero-order valence-electron chi connectivity index (χ0n) is 13.5. The number of carbonyl (C=O) groups is 1. The Hall–Kier alpha value is -2.67. The monoisotopic (exact) mass is 324 g/mol. The summed E-state index contributed by atoms with van der Waals surface area (Å²) >= 11 is 0. The van der Waals surface area contributed by atoms with Crippen molar-refractivity contribution in [3.8, 4) is 0 Å². The quantitative estimate of drug-likeness (QED) is 0.688. The predicted octanol–water partition coefficient (Wildman–Crippen LogP) is 2.02. The van der Waals surface area contributed by atoms with E-state index in [4.69, 9.17) is 0 Å². The first-order chi connectivity index (χ1) is 11.7. The molecule has 1 aliphatic rings. The van der Waals surface area contributed by atoms with Crippen molar-refractivity contribution in [1.82, 2.24) is 25.1 Å². The number of H-pyrrole nitrogens is 1. The van der Waals surface area contributed by atoms with Gasteiger partial charge in [0.25, 0.3) is 5.91 Å². The van der Waals surface area contributed by atoms with Crippen molar-refractivity contribution in [3.05, 3.63) is 41.9 Å². The summed E-state index contributed by atoms with van der Waals surface area (Å²) in [5.41, 5.74) is 1.43. The van der Waals surface area contributed by atoms with Gasteiger partial charge in [0.05, 0.1) is 11.1 Å². The lowest BCUT2D eigenvalue weighted by atomic mass is 9.98. The molecule has 7 heteroatoms. The Morgan fingerprint density at radius 1 is 1.29 bits per heavy atom. The van der Waals surface area contributed by atoms with Crippen LogP contribution in [0.5, 0.6) is 0 Å². The molecule has 3 heterocycles. The van der Waals surface area contributed by atoms with Gasteiger partial charge in [0.2, 0.25) is 5.95 Å². The molecule has 1 amide bonds. The Balaban J connectivity index is 1.57. The fourth-order valence-electron chi connectivity index (χ4n) is 3.21. The van der Waals surface area contributed by atoms with Crippen LogP contribution in [0, 0.1) is 0 Å². The second-order valence-electron chi connectivity index (χ2n) is 6.14. The van der Waals surface area contributed by atoms with Crippen molar-refractivity contribution < 1.29 is 4.79 Å². The lowest BCUT2D eigenvalue weighted by molar-refractivity contribution is 0.102. The van der Waals surface area contributed by atoms with Gasteiger partial charge in [0.1, 0.15) is 0 Å². The average Bonchev–Trinajstić information content (AvgIpc) is 3.22. The first-order valence-electron chi connectivity index (χ1n) is 8.21. The van der Waals surface area contributed by atoms with Crippen LogP contribution in [0.4, 0.5) is 5.95 Å². The Kier molecular flexibility index (Phi) is 3.78. The lowest BCUT2D eigenvalue weighted by Crippen LogP contribution is -2.27. The minimum absolute atomic E-state index is 0.185. The molecule has 0 atom stereocenters. The number of para-hydroxylation sites is 1. The summed E-state index contributed by atoms with van der Waals surface area (Å²) in [6, 6.07) is 7.60. The summed E-state index contributed by atoms with van der Waals surface area (Å²) in [5.74, 6) is 1.47. The molecular weight excluding hydrogens is 304 g/mol. The standard InChI is InChI=1S/C17H20N6O/c1-23-17(20-15(22-23)12-5-8-18-9-6-12)21-16(24)13-4-2-3-11-7-10-19-14(11)13/h2-4,7,10,12,18-19H,5-6,8-9H2,1H3,(H,20,21,22,24). The third-order valence-electron chi connectivity index (χ3n) is 4.54. The van der Waals surface area contributed by atoms with Crippen LogP contribution in [-0.4, -0.2) is 38.7 Å². The maximum atomic E-state index is 12.6. The molecule has 1 saturated heterocycles. The maximum Gasteiger partial charge on any atom is 0.260 e. The van der Waals surface area contributed by atoms with Gasteiger partial charge in [-0.3, -0.25) is 10.1 Å². The molecule has 0 aliphatic carbocycles. The van der Waals surface area contributed by atoms with E-state index in [0.29, 0.717) is 17.4 Å². The molecule has 0 saturated carbocycles. The zero-order valence-corrected chi connectivity index (χ0v) is 13.5. The highest BCUT2D eigenvalue weighted by atomic mass is 16.1. The van der Waals surface area contributed by atoms with E-state index < -0.39 is 0 Å². The van der Waals surface area contributed by atoms with Gasteiger partial charge in [-0.2, -0.15) is 10.1 Å². The third kappa shape index (κ3) is 2.67. The van der Waals surface area contributed by atoms with Crippen LogP contribution in [-0.2, 0) is 7.05 Å². The summed E-state index contributed by atoms with van der Waals surface area (Å²) in [4.78, 5) is 20.3. The molecular formula is C17H20N6O.